The zero-order valence-electron chi connectivity index (χ0n) is 10.5. The zero-order chi connectivity index (χ0) is 13.1. The highest BCUT2D eigenvalue weighted by atomic mass is 16.4. The molecule has 0 unspecified atom stereocenters. The van der Waals surface area contributed by atoms with E-state index in [0.29, 0.717) is 11.6 Å². The monoisotopic (exact) mass is 249 g/mol. The lowest BCUT2D eigenvalue weighted by Gasteiger charge is -2.27. The number of aliphatic hydroxyl groups is 1. The Morgan fingerprint density at radius 2 is 1.94 bits per heavy atom. The number of hydrogen-bond donors (Lipinski definition) is 3. The largest absolute Gasteiger partial charge is 0.478 e. The van der Waals surface area contributed by atoms with Crippen molar-refractivity contribution < 1.29 is 15.0 Å². The fourth-order valence-electron chi connectivity index (χ4n) is 2.46. The normalized spacial score (nSPS) is 23.7. The second-order valence-corrected chi connectivity index (χ2v) is 4.93. The molecule has 2 rings (SSSR count). The van der Waals surface area contributed by atoms with E-state index in [-0.39, 0.29) is 6.10 Å². The summed E-state index contributed by atoms with van der Waals surface area (Å²) in [5.74, 6) is -0.893. The first-order valence-electron chi connectivity index (χ1n) is 6.35. The number of rotatable bonds is 3. The Bertz CT molecular complexity index is 437. The molecule has 0 atom stereocenters. The summed E-state index contributed by atoms with van der Waals surface area (Å²) in [6.45, 7) is 1.82. The minimum absolute atomic E-state index is 0.172. The number of benzene rings is 1. The number of aliphatic hydroxyl groups excluding tert-OH is 1. The number of carboxylic acid groups (broad SMARTS) is 1. The number of carboxylic acids is 1. The molecule has 1 aromatic carbocycles. The Balaban J connectivity index is 2.10. The lowest BCUT2D eigenvalue weighted by Crippen LogP contribution is -2.28. The summed E-state index contributed by atoms with van der Waals surface area (Å²) in [5, 5.41) is 21.9. The molecule has 0 spiro atoms. The first-order chi connectivity index (χ1) is 8.58. The Kier molecular flexibility index (Phi) is 3.87. The highest BCUT2D eigenvalue weighted by Crippen LogP contribution is 2.25. The summed E-state index contributed by atoms with van der Waals surface area (Å²) in [5.41, 5.74) is 2.00. The molecule has 3 N–H and O–H groups in total. The van der Waals surface area contributed by atoms with E-state index in [2.05, 4.69) is 5.32 Å². The number of nitrogens with one attached hydrogen (secondary N) is 1. The van der Waals surface area contributed by atoms with Crippen molar-refractivity contribution in [3.05, 3.63) is 29.3 Å². The molecule has 4 nitrogen and oxygen atoms in total. The van der Waals surface area contributed by atoms with Crippen molar-refractivity contribution in [3.63, 3.8) is 0 Å². The third-order valence-electron chi connectivity index (χ3n) is 3.62. The van der Waals surface area contributed by atoms with E-state index >= 15 is 0 Å². The number of anilines is 1. The minimum Gasteiger partial charge on any atom is -0.478 e. The van der Waals surface area contributed by atoms with Crippen molar-refractivity contribution in [1.29, 1.82) is 0 Å². The van der Waals surface area contributed by atoms with E-state index < -0.39 is 5.97 Å². The van der Waals surface area contributed by atoms with Gasteiger partial charge in [-0.2, -0.15) is 0 Å². The molecule has 0 saturated heterocycles. The van der Waals surface area contributed by atoms with E-state index in [9.17, 15) is 9.90 Å². The van der Waals surface area contributed by atoms with Crippen LogP contribution in [0.3, 0.4) is 0 Å². The van der Waals surface area contributed by atoms with Gasteiger partial charge in [0.25, 0.3) is 0 Å². The summed E-state index contributed by atoms with van der Waals surface area (Å²) in [6.07, 6.45) is 3.31. The first-order valence-corrected chi connectivity index (χ1v) is 6.35. The van der Waals surface area contributed by atoms with E-state index in [1.807, 2.05) is 13.0 Å². The van der Waals surface area contributed by atoms with Gasteiger partial charge in [-0.05, 0) is 50.3 Å². The molecular formula is C14H19NO3. The minimum atomic E-state index is -0.893. The molecule has 1 aliphatic carbocycles. The van der Waals surface area contributed by atoms with E-state index in [1.54, 1.807) is 12.1 Å². The van der Waals surface area contributed by atoms with Gasteiger partial charge in [0.1, 0.15) is 0 Å². The van der Waals surface area contributed by atoms with Crippen LogP contribution in [0, 0.1) is 6.92 Å². The van der Waals surface area contributed by atoms with Crippen LogP contribution in [-0.2, 0) is 0 Å². The average Bonchev–Trinajstić information content (AvgIpc) is 2.34. The number of hydrogen-bond acceptors (Lipinski definition) is 3. The zero-order valence-corrected chi connectivity index (χ0v) is 10.5. The van der Waals surface area contributed by atoms with Gasteiger partial charge < -0.3 is 15.5 Å². The van der Waals surface area contributed by atoms with Crippen LogP contribution < -0.4 is 5.32 Å². The van der Waals surface area contributed by atoms with Gasteiger partial charge in [0, 0.05) is 11.7 Å². The molecule has 98 valence electrons. The number of carbonyl (C=O) groups is 1. The van der Waals surface area contributed by atoms with Gasteiger partial charge in [0.2, 0.25) is 0 Å². The van der Waals surface area contributed by atoms with E-state index in [0.717, 1.165) is 36.9 Å². The molecule has 1 saturated carbocycles. The average molecular weight is 249 g/mol. The topological polar surface area (TPSA) is 69.6 Å². The Hall–Kier alpha value is -1.55. The van der Waals surface area contributed by atoms with Crippen LogP contribution in [0.1, 0.15) is 41.6 Å². The van der Waals surface area contributed by atoms with Crippen molar-refractivity contribution in [2.24, 2.45) is 0 Å². The van der Waals surface area contributed by atoms with Crippen molar-refractivity contribution in [3.8, 4) is 0 Å². The SMILES string of the molecule is Cc1c(NC2CCC(O)CC2)cccc1C(=O)O. The van der Waals surface area contributed by atoms with Gasteiger partial charge >= 0.3 is 5.97 Å². The van der Waals surface area contributed by atoms with Gasteiger partial charge in [-0.15, -0.1) is 0 Å². The maximum atomic E-state index is 11.0. The fourth-order valence-corrected chi connectivity index (χ4v) is 2.46. The van der Waals surface area contributed by atoms with Crippen molar-refractivity contribution in [2.45, 2.75) is 44.8 Å². The molecule has 1 aliphatic rings. The highest BCUT2D eigenvalue weighted by molar-refractivity contribution is 5.91. The molecule has 18 heavy (non-hydrogen) atoms. The van der Waals surface area contributed by atoms with E-state index in [4.69, 9.17) is 5.11 Å². The Morgan fingerprint density at radius 1 is 1.28 bits per heavy atom. The second kappa shape index (κ2) is 5.40. The molecule has 0 bridgehead atoms. The molecule has 1 aromatic rings. The lowest BCUT2D eigenvalue weighted by atomic mass is 9.92. The van der Waals surface area contributed by atoms with Crippen LogP contribution in [0.25, 0.3) is 0 Å². The Labute approximate surface area is 107 Å². The summed E-state index contributed by atoms with van der Waals surface area (Å²) in [6, 6.07) is 5.62. The standard InChI is InChI=1S/C14H19NO3/c1-9-12(14(17)18)3-2-4-13(9)15-10-5-7-11(16)8-6-10/h2-4,10-11,15-16H,5-8H2,1H3,(H,17,18). The molecular weight excluding hydrogens is 230 g/mol. The third kappa shape index (κ3) is 2.82. The maximum absolute atomic E-state index is 11.0. The van der Waals surface area contributed by atoms with Crippen molar-refractivity contribution >= 4 is 11.7 Å². The number of aromatic carboxylic acids is 1. The second-order valence-electron chi connectivity index (χ2n) is 4.93. The van der Waals surface area contributed by atoms with Crippen LogP contribution in [0.5, 0.6) is 0 Å². The molecule has 0 radical (unpaired) electrons. The molecule has 4 heteroatoms. The highest BCUT2D eigenvalue weighted by Gasteiger charge is 2.20. The van der Waals surface area contributed by atoms with Gasteiger partial charge in [0.05, 0.1) is 11.7 Å². The fraction of sp³-hybridized carbons (Fsp3) is 0.500. The van der Waals surface area contributed by atoms with Gasteiger partial charge in [0.15, 0.2) is 0 Å². The van der Waals surface area contributed by atoms with E-state index in [1.165, 1.54) is 0 Å². The van der Waals surface area contributed by atoms with Crippen LogP contribution in [0.15, 0.2) is 18.2 Å². The smallest absolute Gasteiger partial charge is 0.336 e. The lowest BCUT2D eigenvalue weighted by molar-refractivity contribution is 0.0696. The molecule has 1 fully saturated rings. The van der Waals surface area contributed by atoms with Crippen LogP contribution in [-0.4, -0.2) is 28.3 Å². The third-order valence-corrected chi connectivity index (χ3v) is 3.62. The molecule has 0 amide bonds. The van der Waals surface area contributed by atoms with Crippen LogP contribution in [0.4, 0.5) is 5.69 Å². The molecule has 0 aromatic heterocycles. The molecule has 0 heterocycles. The Morgan fingerprint density at radius 3 is 2.56 bits per heavy atom. The van der Waals surface area contributed by atoms with Crippen molar-refractivity contribution in [1.82, 2.24) is 0 Å². The summed E-state index contributed by atoms with van der Waals surface area (Å²) < 4.78 is 0. The maximum Gasteiger partial charge on any atom is 0.336 e. The summed E-state index contributed by atoms with van der Waals surface area (Å²) in [7, 11) is 0. The van der Waals surface area contributed by atoms with Gasteiger partial charge in [-0.3, -0.25) is 0 Å². The summed E-state index contributed by atoms with van der Waals surface area (Å²) in [4.78, 5) is 11.0. The van der Waals surface area contributed by atoms with Crippen LogP contribution in [0.2, 0.25) is 0 Å². The van der Waals surface area contributed by atoms with Gasteiger partial charge in [-0.1, -0.05) is 6.07 Å². The molecule has 0 aliphatic heterocycles. The van der Waals surface area contributed by atoms with Crippen LogP contribution >= 0.6 is 0 Å². The van der Waals surface area contributed by atoms with Gasteiger partial charge in [-0.25, -0.2) is 4.79 Å². The quantitative estimate of drug-likeness (QED) is 0.769. The first kappa shape index (κ1) is 12.9. The predicted octanol–water partition coefficient (Wildman–Crippen LogP) is 2.41. The van der Waals surface area contributed by atoms with Crippen molar-refractivity contribution in [2.75, 3.05) is 5.32 Å². The summed E-state index contributed by atoms with van der Waals surface area (Å²) >= 11 is 0. The predicted molar refractivity (Wildman–Crippen MR) is 70.0 cm³/mol.